The van der Waals surface area contributed by atoms with Crippen LogP contribution >= 0.6 is 0 Å². The van der Waals surface area contributed by atoms with Gasteiger partial charge in [-0.1, -0.05) is 36.4 Å². The van der Waals surface area contributed by atoms with Crippen molar-refractivity contribution in [1.29, 1.82) is 0 Å². The number of hydrogen-bond donors (Lipinski definition) is 1. The predicted molar refractivity (Wildman–Crippen MR) is 75.3 cm³/mol. The van der Waals surface area contributed by atoms with E-state index in [0.717, 1.165) is 13.0 Å². The van der Waals surface area contributed by atoms with Gasteiger partial charge in [-0.15, -0.1) is 0 Å². The van der Waals surface area contributed by atoms with Gasteiger partial charge in [0.15, 0.2) is 0 Å². The first-order valence-corrected chi connectivity index (χ1v) is 7.04. The Morgan fingerprint density at radius 2 is 2.00 bits per heavy atom. The highest BCUT2D eigenvalue weighted by molar-refractivity contribution is 5.28. The average molecular weight is 242 g/mol. The number of benzene rings is 1. The van der Waals surface area contributed by atoms with Crippen LogP contribution in [0.4, 0.5) is 0 Å². The normalized spacial score (nSPS) is 28.1. The highest BCUT2D eigenvalue weighted by Gasteiger charge is 2.20. The topological polar surface area (TPSA) is 29.3 Å². The van der Waals surface area contributed by atoms with Crippen LogP contribution in [-0.2, 0) is 13.0 Å². The molecule has 1 aromatic carbocycles. The highest BCUT2D eigenvalue weighted by atomic mass is 15.1. The third-order valence-electron chi connectivity index (χ3n) is 4.13. The lowest BCUT2D eigenvalue weighted by molar-refractivity contribution is 0.240. The van der Waals surface area contributed by atoms with Crippen molar-refractivity contribution in [1.82, 2.24) is 4.90 Å². The zero-order valence-corrected chi connectivity index (χ0v) is 10.9. The minimum Gasteiger partial charge on any atom is -0.324 e. The summed E-state index contributed by atoms with van der Waals surface area (Å²) < 4.78 is 0. The molecule has 0 saturated heterocycles. The fourth-order valence-corrected chi connectivity index (χ4v) is 3.20. The van der Waals surface area contributed by atoms with E-state index < -0.39 is 0 Å². The maximum atomic E-state index is 5.93. The fourth-order valence-electron chi connectivity index (χ4n) is 3.20. The number of nitrogens with two attached hydrogens (primary N) is 1. The smallest absolute Gasteiger partial charge is 0.0236 e. The average Bonchev–Trinajstić information content (AvgIpc) is 2.66. The Morgan fingerprint density at radius 1 is 1.17 bits per heavy atom. The fraction of sp³-hybridized carbons (Fsp3) is 0.500. The first kappa shape index (κ1) is 11.9. The maximum absolute atomic E-state index is 5.93. The van der Waals surface area contributed by atoms with Crippen LogP contribution in [0.15, 0.2) is 36.4 Å². The Hall–Kier alpha value is -1.12. The number of fused-ring (bicyclic) bond motifs is 1. The van der Waals surface area contributed by atoms with E-state index in [1.54, 1.807) is 5.56 Å². The molecular weight excluding hydrogens is 220 g/mol. The van der Waals surface area contributed by atoms with E-state index in [2.05, 4.69) is 41.3 Å². The molecule has 2 atom stereocenters. The number of aryl methyl sites for hydroxylation is 1. The molecule has 0 amide bonds. The largest absolute Gasteiger partial charge is 0.324 e. The molecule has 2 N–H and O–H groups in total. The molecule has 96 valence electrons. The molecule has 1 aliphatic heterocycles. The molecule has 0 fully saturated rings. The van der Waals surface area contributed by atoms with Crippen molar-refractivity contribution in [3.63, 3.8) is 0 Å². The van der Waals surface area contributed by atoms with Gasteiger partial charge in [0.1, 0.15) is 0 Å². The summed E-state index contributed by atoms with van der Waals surface area (Å²) in [6, 6.07) is 9.17. The van der Waals surface area contributed by atoms with Gasteiger partial charge < -0.3 is 5.73 Å². The van der Waals surface area contributed by atoms with Crippen LogP contribution in [0.2, 0.25) is 0 Å². The Kier molecular flexibility index (Phi) is 3.48. The van der Waals surface area contributed by atoms with Gasteiger partial charge in [0.05, 0.1) is 0 Å². The molecule has 18 heavy (non-hydrogen) atoms. The summed E-state index contributed by atoms with van der Waals surface area (Å²) in [5, 5.41) is 0. The first-order chi connectivity index (χ1) is 8.81. The first-order valence-electron chi connectivity index (χ1n) is 7.04. The second kappa shape index (κ2) is 5.25. The quantitative estimate of drug-likeness (QED) is 0.807. The Labute approximate surface area is 109 Å². The van der Waals surface area contributed by atoms with E-state index in [4.69, 9.17) is 5.73 Å². The molecule has 0 bridgehead atoms. The summed E-state index contributed by atoms with van der Waals surface area (Å²) in [6.07, 6.45) is 8.10. The van der Waals surface area contributed by atoms with E-state index in [9.17, 15) is 0 Å². The van der Waals surface area contributed by atoms with Crippen molar-refractivity contribution >= 4 is 0 Å². The maximum Gasteiger partial charge on any atom is 0.0236 e. The van der Waals surface area contributed by atoms with Crippen LogP contribution in [0.5, 0.6) is 0 Å². The van der Waals surface area contributed by atoms with Crippen LogP contribution in [0.1, 0.15) is 24.0 Å². The van der Waals surface area contributed by atoms with Crippen molar-refractivity contribution in [3.05, 3.63) is 47.5 Å². The SMILES string of the molecule is NC1C=CC(CN2CCCc3ccccc3C2)C1. The van der Waals surface area contributed by atoms with Crippen LogP contribution in [0.3, 0.4) is 0 Å². The summed E-state index contributed by atoms with van der Waals surface area (Å²) in [5.41, 5.74) is 8.99. The van der Waals surface area contributed by atoms with Gasteiger partial charge >= 0.3 is 0 Å². The van der Waals surface area contributed by atoms with Crippen LogP contribution in [0, 0.1) is 5.92 Å². The highest BCUT2D eigenvalue weighted by Crippen LogP contribution is 2.22. The third kappa shape index (κ3) is 2.65. The van der Waals surface area contributed by atoms with E-state index in [1.807, 2.05) is 0 Å². The van der Waals surface area contributed by atoms with Crippen LogP contribution in [-0.4, -0.2) is 24.0 Å². The standard InChI is InChI=1S/C16H22N2/c17-16-8-7-13(10-16)11-18-9-3-6-14-4-1-2-5-15(14)12-18/h1-2,4-5,7-8,13,16H,3,6,9-12,17H2. The van der Waals surface area contributed by atoms with Crippen molar-refractivity contribution in [3.8, 4) is 0 Å². The predicted octanol–water partition coefficient (Wildman–Crippen LogP) is 2.34. The van der Waals surface area contributed by atoms with E-state index in [1.165, 1.54) is 31.5 Å². The molecule has 3 rings (SSSR count). The van der Waals surface area contributed by atoms with Gasteiger partial charge in [-0.3, -0.25) is 4.90 Å². The minimum atomic E-state index is 0.286. The molecule has 0 radical (unpaired) electrons. The second-order valence-corrected chi connectivity index (χ2v) is 5.65. The molecule has 0 saturated carbocycles. The third-order valence-corrected chi connectivity index (χ3v) is 4.13. The molecule has 2 unspecified atom stereocenters. The molecule has 1 aromatic rings. The number of rotatable bonds is 2. The monoisotopic (exact) mass is 242 g/mol. The Balaban J connectivity index is 1.66. The molecule has 0 spiro atoms. The van der Waals surface area contributed by atoms with E-state index in [-0.39, 0.29) is 6.04 Å². The summed E-state index contributed by atoms with van der Waals surface area (Å²) in [7, 11) is 0. The van der Waals surface area contributed by atoms with Crippen LogP contribution in [0.25, 0.3) is 0 Å². The Morgan fingerprint density at radius 3 is 2.78 bits per heavy atom. The lowest BCUT2D eigenvalue weighted by Crippen LogP contribution is -2.29. The van der Waals surface area contributed by atoms with Gasteiger partial charge in [-0.2, -0.15) is 0 Å². The summed E-state index contributed by atoms with van der Waals surface area (Å²) in [4.78, 5) is 2.60. The number of hydrogen-bond acceptors (Lipinski definition) is 2. The summed E-state index contributed by atoms with van der Waals surface area (Å²) in [6.45, 7) is 3.49. The van der Waals surface area contributed by atoms with E-state index >= 15 is 0 Å². The molecule has 2 nitrogen and oxygen atoms in total. The lowest BCUT2D eigenvalue weighted by atomic mass is 10.0. The molecular formula is C16H22N2. The minimum absolute atomic E-state index is 0.286. The van der Waals surface area contributed by atoms with Crippen molar-refractivity contribution < 1.29 is 0 Å². The molecule has 2 heteroatoms. The zero-order chi connectivity index (χ0) is 12.4. The van der Waals surface area contributed by atoms with Gasteiger partial charge in [0.2, 0.25) is 0 Å². The van der Waals surface area contributed by atoms with Crippen LogP contribution < -0.4 is 5.73 Å². The zero-order valence-electron chi connectivity index (χ0n) is 10.9. The van der Waals surface area contributed by atoms with Crippen molar-refractivity contribution in [2.24, 2.45) is 11.7 Å². The molecule has 2 aliphatic rings. The van der Waals surface area contributed by atoms with Gasteiger partial charge in [0.25, 0.3) is 0 Å². The summed E-state index contributed by atoms with van der Waals surface area (Å²) >= 11 is 0. The van der Waals surface area contributed by atoms with Gasteiger partial charge in [-0.25, -0.2) is 0 Å². The molecule has 0 aromatic heterocycles. The van der Waals surface area contributed by atoms with Crippen molar-refractivity contribution in [2.45, 2.75) is 31.8 Å². The molecule has 1 aliphatic carbocycles. The second-order valence-electron chi connectivity index (χ2n) is 5.65. The Bertz CT molecular complexity index is 438. The van der Waals surface area contributed by atoms with Gasteiger partial charge in [0, 0.05) is 19.1 Å². The lowest BCUT2D eigenvalue weighted by Gasteiger charge is -2.23. The number of nitrogens with zero attached hydrogens (tertiary/aromatic N) is 1. The van der Waals surface area contributed by atoms with Gasteiger partial charge in [-0.05, 0) is 42.9 Å². The molecule has 1 heterocycles. The van der Waals surface area contributed by atoms with Crippen molar-refractivity contribution in [2.75, 3.05) is 13.1 Å². The summed E-state index contributed by atoms with van der Waals surface area (Å²) in [5.74, 6) is 0.658. The van der Waals surface area contributed by atoms with E-state index in [0.29, 0.717) is 5.92 Å².